The van der Waals surface area contributed by atoms with Crippen LogP contribution < -0.4 is 5.32 Å². The SMILES string of the molecule is O=C(Cc1ccc(Cl)cc1)NC1CC(O)C1. The second-order valence-electron chi connectivity index (χ2n) is 4.19. The van der Waals surface area contributed by atoms with Crippen molar-refractivity contribution in [2.75, 3.05) is 0 Å². The molecule has 1 amide bonds. The number of hydrogen-bond donors (Lipinski definition) is 2. The monoisotopic (exact) mass is 239 g/mol. The summed E-state index contributed by atoms with van der Waals surface area (Å²) < 4.78 is 0. The maximum Gasteiger partial charge on any atom is 0.224 e. The van der Waals surface area contributed by atoms with Crippen LogP contribution in [0.5, 0.6) is 0 Å². The lowest BCUT2D eigenvalue weighted by molar-refractivity contribution is -0.122. The van der Waals surface area contributed by atoms with Gasteiger partial charge in [-0.25, -0.2) is 0 Å². The zero-order chi connectivity index (χ0) is 11.5. The van der Waals surface area contributed by atoms with Gasteiger partial charge < -0.3 is 10.4 Å². The average molecular weight is 240 g/mol. The number of amides is 1. The summed E-state index contributed by atoms with van der Waals surface area (Å²) in [5.74, 6) is -0.000720. The first kappa shape index (κ1) is 11.4. The topological polar surface area (TPSA) is 49.3 Å². The van der Waals surface area contributed by atoms with Crippen LogP contribution in [0.4, 0.5) is 0 Å². The van der Waals surface area contributed by atoms with E-state index in [4.69, 9.17) is 16.7 Å². The molecule has 0 heterocycles. The first-order valence-corrected chi connectivity index (χ1v) is 5.73. The Morgan fingerprint density at radius 1 is 1.38 bits per heavy atom. The van der Waals surface area contributed by atoms with E-state index in [1.165, 1.54) is 0 Å². The van der Waals surface area contributed by atoms with Gasteiger partial charge in [0.05, 0.1) is 12.5 Å². The molecule has 1 aliphatic carbocycles. The van der Waals surface area contributed by atoms with Crippen molar-refractivity contribution in [1.82, 2.24) is 5.32 Å². The molecule has 0 radical (unpaired) electrons. The quantitative estimate of drug-likeness (QED) is 0.840. The third-order valence-corrected chi connectivity index (χ3v) is 3.01. The normalized spacial score (nSPS) is 23.6. The van der Waals surface area contributed by atoms with Crippen LogP contribution in [0.3, 0.4) is 0 Å². The Bertz CT molecular complexity index is 371. The summed E-state index contributed by atoms with van der Waals surface area (Å²) in [6.07, 6.45) is 1.48. The molecule has 16 heavy (non-hydrogen) atoms. The van der Waals surface area contributed by atoms with Gasteiger partial charge in [-0.05, 0) is 30.5 Å². The minimum Gasteiger partial charge on any atom is -0.393 e. The van der Waals surface area contributed by atoms with Crippen LogP contribution in [0.25, 0.3) is 0 Å². The van der Waals surface area contributed by atoms with Gasteiger partial charge in [-0.2, -0.15) is 0 Å². The minimum absolute atomic E-state index is 0.000720. The number of hydrogen-bond acceptors (Lipinski definition) is 2. The van der Waals surface area contributed by atoms with Gasteiger partial charge in [0.25, 0.3) is 0 Å². The molecule has 3 nitrogen and oxygen atoms in total. The van der Waals surface area contributed by atoms with Crippen LogP contribution >= 0.6 is 11.6 Å². The number of carbonyl (C=O) groups is 1. The molecule has 0 saturated heterocycles. The van der Waals surface area contributed by atoms with E-state index in [9.17, 15) is 4.79 Å². The summed E-state index contributed by atoms with van der Waals surface area (Å²) in [5.41, 5.74) is 0.946. The Hall–Kier alpha value is -1.06. The second-order valence-corrected chi connectivity index (χ2v) is 4.63. The summed E-state index contributed by atoms with van der Waals surface area (Å²) in [5, 5.41) is 12.6. The largest absolute Gasteiger partial charge is 0.393 e. The van der Waals surface area contributed by atoms with E-state index in [-0.39, 0.29) is 18.1 Å². The van der Waals surface area contributed by atoms with Gasteiger partial charge in [0.1, 0.15) is 0 Å². The predicted molar refractivity (Wildman–Crippen MR) is 62.3 cm³/mol. The van der Waals surface area contributed by atoms with Gasteiger partial charge >= 0.3 is 0 Å². The molecule has 0 unspecified atom stereocenters. The number of halogens is 1. The maximum atomic E-state index is 11.6. The van der Waals surface area contributed by atoms with Crippen molar-refractivity contribution in [3.8, 4) is 0 Å². The molecule has 1 fully saturated rings. The highest BCUT2D eigenvalue weighted by atomic mass is 35.5. The first-order valence-electron chi connectivity index (χ1n) is 5.35. The van der Waals surface area contributed by atoms with Crippen molar-refractivity contribution >= 4 is 17.5 Å². The molecule has 4 heteroatoms. The van der Waals surface area contributed by atoms with Gasteiger partial charge in [0.15, 0.2) is 0 Å². The Kier molecular flexibility index (Phi) is 3.46. The molecule has 0 aromatic heterocycles. The van der Waals surface area contributed by atoms with Gasteiger partial charge in [-0.15, -0.1) is 0 Å². The number of benzene rings is 1. The van der Waals surface area contributed by atoms with E-state index < -0.39 is 0 Å². The molecule has 86 valence electrons. The molecule has 1 aromatic carbocycles. The zero-order valence-electron chi connectivity index (χ0n) is 8.82. The van der Waals surface area contributed by atoms with Crippen LogP contribution in [0.2, 0.25) is 5.02 Å². The molecule has 0 spiro atoms. The Morgan fingerprint density at radius 3 is 2.56 bits per heavy atom. The van der Waals surface area contributed by atoms with Crippen molar-refractivity contribution in [2.24, 2.45) is 0 Å². The van der Waals surface area contributed by atoms with Gasteiger partial charge in [0.2, 0.25) is 5.91 Å². The Labute approximate surface area is 99.4 Å². The lowest BCUT2D eigenvalue weighted by atomic mass is 9.89. The molecule has 0 atom stereocenters. The molecule has 1 aromatic rings. The summed E-state index contributed by atoms with van der Waals surface area (Å²) in [4.78, 5) is 11.6. The first-order chi connectivity index (χ1) is 7.63. The highest BCUT2D eigenvalue weighted by molar-refractivity contribution is 6.30. The van der Waals surface area contributed by atoms with Crippen molar-refractivity contribution in [2.45, 2.75) is 31.4 Å². The smallest absolute Gasteiger partial charge is 0.224 e. The van der Waals surface area contributed by atoms with Gasteiger partial charge in [0, 0.05) is 11.1 Å². The van der Waals surface area contributed by atoms with Gasteiger partial charge in [-0.3, -0.25) is 4.79 Å². The predicted octanol–water partition coefficient (Wildman–Crippen LogP) is 1.52. The fourth-order valence-corrected chi connectivity index (χ4v) is 1.90. The van der Waals surface area contributed by atoms with Crippen LogP contribution in [-0.2, 0) is 11.2 Å². The van der Waals surface area contributed by atoms with E-state index in [0.717, 1.165) is 5.56 Å². The fraction of sp³-hybridized carbons (Fsp3) is 0.417. The minimum atomic E-state index is -0.235. The third-order valence-electron chi connectivity index (χ3n) is 2.76. The molecule has 1 saturated carbocycles. The number of carbonyl (C=O) groups excluding carboxylic acids is 1. The van der Waals surface area contributed by atoms with E-state index in [1.54, 1.807) is 12.1 Å². The van der Waals surface area contributed by atoms with Crippen molar-refractivity contribution < 1.29 is 9.90 Å². The molecule has 0 aliphatic heterocycles. The molecule has 0 bridgehead atoms. The third kappa shape index (κ3) is 2.97. The van der Waals surface area contributed by atoms with E-state index in [1.807, 2.05) is 12.1 Å². The molecule has 2 rings (SSSR count). The average Bonchev–Trinajstić information content (AvgIpc) is 2.19. The van der Waals surface area contributed by atoms with Crippen molar-refractivity contribution in [3.63, 3.8) is 0 Å². The Balaban J connectivity index is 1.80. The van der Waals surface area contributed by atoms with Crippen LogP contribution in [0.15, 0.2) is 24.3 Å². The van der Waals surface area contributed by atoms with E-state index >= 15 is 0 Å². The summed E-state index contributed by atoms with van der Waals surface area (Å²) >= 11 is 5.75. The summed E-state index contributed by atoms with van der Waals surface area (Å²) in [7, 11) is 0. The molecule has 2 N–H and O–H groups in total. The van der Waals surface area contributed by atoms with Crippen LogP contribution in [-0.4, -0.2) is 23.2 Å². The number of nitrogens with one attached hydrogen (secondary N) is 1. The number of aliphatic hydroxyl groups excluding tert-OH is 1. The summed E-state index contributed by atoms with van der Waals surface area (Å²) in [6.45, 7) is 0. The van der Waals surface area contributed by atoms with E-state index in [2.05, 4.69) is 5.32 Å². The standard InChI is InChI=1S/C12H14ClNO2/c13-9-3-1-8(2-4-9)5-12(16)14-10-6-11(15)7-10/h1-4,10-11,15H,5-7H2,(H,14,16). The van der Waals surface area contributed by atoms with E-state index in [0.29, 0.717) is 24.3 Å². The molecule has 1 aliphatic rings. The number of rotatable bonds is 3. The van der Waals surface area contributed by atoms with Crippen LogP contribution in [0, 0.1) is 0 Å². The van der Waals surface area contributed by atoms with Gasteiger partial charge in [-0.1, -0.05) is 23.7 Å². The van der Waals surface area contributed by atoms with Crippen molar-refractivity contribution in [3.05, 3.63) is 34.9 Å². The maximum absolute atomic E-state index is 11.6. The highest BCUT2D eigenvalue weighted by Crippen LogP contribution is 2.19. The highest BCUT2D eigenvalue weighted by Gasteiger charge is 2.28. The molecular weight excluding hydrogens is 226 g/mol. The second kappa shape index (κ2) is 4.85. The molecular formula is C12H14ClNO2. The van der Waals surface area contributed by atoms with Crippen molar-refractivity contribution in [1.29, 1.82) is 0 Å². The van der Waals surface area contributed by atoms with Crippen LogP contribution in [0.1, 0.15) is 18.4 Å². The zero-order valence-corrected chi connectivity index (χ0v) is 9.57. The summed E-state index contributed by atoms with van der Waals surface area (Å²) in [6, 6.07) is 7.39. The lowest BCUT2D eigenvalue weighted by Crippen LogP contribution is -2.47. The number of aliphatic hydroxyl groups is 1. The fourth-order valence-electron chi connectivity index (χ4n) is 1.77. The lowest BCUT2D eigenvalue weighted by Gasteiger charge is -2.31. The Morgan fingerprint density at radius 2 is 2.00 bits per heavy atom.